The second kappa shape index (κ2) is 9.39. The quantitative estimate of drug-likeness (QED) is 0.384. The number of aromatic nitrogens is 1. The average Bonchev–Trinajstić information content (AvgIpc) is 2.84. The van der Waals surface area contributed by atoms with Gasteiger partial charge in [-0.15, -0.1) is 13.2 Å². The summed E-state index contributed by atoms with van der Waals surface area (Å²) in [6.07, 6.45) is -3.84. The highest BCUT2D eigenvalue weighted by Crippen LogP contribution is 2.42. The van der Waals surface area contributed by atoms with E-state index in [2.05, 4.69) is 19.2 Å². The van der Waals surface area contributed by atoms with Crippen LogP contribution in [0.5, 0.6) is 11.5 Å². The van der Waals surface area contributed by atoms with Gasteiger partial charge in [0.15, 0.2) is 11.6 Å². The van der Waals surface area contributed by atoms with Crippen LogP contribution in [0.15, 0.2) is 65.7 Å². The van der Waals surface area contributed by atoms with Crippen LogP contribution in [-0.4, -0.2) is 39.5 Å². The second-order valence-corrected chi connectivity index (χ2v) is 9.35. The lowest BCUT2D eigenvalue weighted by molar-refractivity contribution is -0.275. The molecule has 0 spiro atoms. The molecule has 0 bridgehead atoms. The maximum atomic E-state index is 14.7. The molecule has 1 atom stereocenters. The summed E-state index contributed by atoms with van der Waals surface area (Å²) in [6.45, 7) is -0.0220. The molecule has 0 amide bonds. The van der Waals surface area contributed by atoms with Crippen LogP contribution >= 0.6 is 0 Å². The third kappa shape index (κ3) is 4.97. The summed E-state index contributed by atoms with van der Waals surface area (Å²) in [7, 11) is -3.27. The Kier molecular flexibility index (Phi) is 6.62. The molecule has 3 aromatic rings. The number of ether oxygens (including phenoxy) is 3. The van der Waals surface area contributed by atoms with Gasteiger partial charge in [0, 0.05) is 12.6 Å². The minimum Gasteiger partial charge on any atom is -0.491 e. The highest BCUT2D eigenvalue weighted by Gasteiger charge is 2.45. The number of esters is 1. The number of alkyl halides is 3. The van der Waals surface area contributed by atoms with Crippen LogP contribution in [0.4, 0.5) is 17.6 Å². The topological polar surface area (TPSA) is 104 Å². The summed E-state index contributed by atoms with van der Waals surface area (Å²) in [6, 6.07) is 10.7. The predicted octanol–water partition coefficient (Wildman–Crippen LogP) is 3.91. The van der Waals surface area contributed by atoms with E-state index in [0.717, 1.165) is 31.4 Å². The van der Waals surface area contributed by atoms with Crippen molar-refractivity contribution in [1.82, 2.24) is 9.71 Å². The largest absolute Gasteiger partial charge is 0.573 e. The summed E-state index contributed by atoms with van der Waals surface area (Å²) in [4.78, 5) is 15.8. The fraction of sp³-hybridized carbons (Fsp3) is 0.217. The van der Waals surface area contributed by atoms with Gasteiger partial charge in [0.1, 0.15) is 17.0 Å². The van der Waals surface area contributed by atoms with Crippen molar-refractivity contribution in [2.24, 2.45) is 0 Å². The molecule has 0 radical (unpaired) electrons. The van der Waals surface area contributed by atoms with Crippen LogP contribution in [0, 0.1) is 5.82 Å². The molecule has 190 valence electrons. The van der Waals surface area contributed by atoms with Gasteiger partial charge in [0.05, 0.1) is 24.2 Å². The first-order chi connectivity index (χ1) is 16.9. The molecule has 4 rings (SSSR count). The van der Waals surface area contributed by atoms with E-state index < -0.39 is 39.5 Å². The molecule has 0 saturated heterocycles. The average molecular weight is 526 g/mol. The van der Waals surface area contributed by atoms with Crippen LogP contribution in [0.2, 0.25) is 0 Å². The number of hydrogen-bond acceptors (Lipinski definition) is 7. The van der Waals surface area contributed by atoms with Gasteiger partial charge >= 0.3 is 12.3 Å². The van der Waals surface area contributed by atoms with Gasteiger partial charge in [0.2, 0.25) is 10.0 Å². The lowest BCUT2D eigenvalue weighted by atomic mass is 9.82. The molecule has 8 nitrogen and oxygen atoms in total. The van der Waals surface area contributed by atoms with E-state index in [9.17, 15) is 30.8 Å². The fourth-order valence-corrected chi connectivity index (χ4v) is 5.30. The molecule has 1 aliphatic heterocycles. The van der Waals surface area contributed by atoms with Gasteiger partial charge in [-0.3, -0.25) is 4.98 Å². The maximum absolute atomic E-state index is 14.7. The van der Waals surface area contributed by atoms with E-state index in [1.807, 2.05) is 0 Å². The van der Waals surface area contributed by atoms with Crippen LogP contribution in [-0.2, 0) is 20.3 Å². The first-order valence-corrected chi connectivity index (χ1v) is 11.8. The Morgan fingerprint density at radius 3 is 2.61 bits per heavy atom. The van der Waals surface area contributed by atoms with Gasteiger partial charge in [-0.25, -0.2) is 17.6 Å². The molecule has 0 saturated carbocycles. The van der Waals surface area contributed by atoms with Crippen molar-refractivity contribution in [3.63, 3.8) is 0 Å². The Morgan fingerprint density at radius 2 is 1.92 bits per heavy atom. The van der Waals surface area contributed by atoms with Gasteiger partial charge in [0.25, 0.3) is 0 Å². The molecule has 13 heteroatoms. The van der Waals surface area contributed by atoms with Gasteiger partial charge < -0.3 is 14.2 Å². The Hall–Kier alpha value is -3.71. The van der Waals surface area contributed by atoms with Crippen molar-refractivity contribution in [1.29, 1.82) is 0 Å². The van der Waals surface area contributed by atoms with Crippen molar-refractivity contribution in [2.45, 2.75) is 23.2 Å². The molecule has 36 heavy (non-hydrogen) atoms. The molecule has 1 aliphatic rings. The number of nitrogens with zero attached hydrogens (tertiary/aromatic N) is 1. The fourth-order valence-electron chi connectivity index (χ4n) is 3.87. The number of halogens is 4. The van der Waals surface area contributed by atoms with Crippen LogP contribution in [0.3, 0.4) is 0 Å². The molecule has 1 unspecified atom stereocenters. The van der Waals surface area contributed by atoms with E-state index in [4.69, 9.17) is 4.74 Å². The molecule has 0 fully saturated rings. The zero-order chi connectivity index (χ0) is 26.1. The van der Waals surface area contributed by atoms with Crippen molar-refractivity contribution in [3.05, 3.63) is 83.4 Å². The third-order valence-electron chi connectivity index (χ3n) is 5.43. The first kappa shape index (κ1) is 25.4. The second-order valence-electron chi connectivity index (χ2n) is 7.67. The number of carbonyl (C=O) groups excluding carboxylic acids is 1. The summed E-state index contributed by atoms with van der Waals surface area (Å²) < 4.78 is 96.0. The van der Waals surface area contributed by atoms with E-state index in [-0.39, 0.29) is 40.5 Å². The van der Waals surface area contributed by atoms with E-state index in [1.165, 1.54) is 30.5 Å². The molecule has 2 heterocycles. The van der Waals surface area contributed by atoms with Crippen LogP contribution < -0.4 is 14.2 Å². The monoisotopic (exact) mass is 526 g/mol. The third-order valence-corrected chi connectivity index (χ3v) is 6.93. The summed E-state index contributed by atoms with van der Waals surface area (Å²) in [5.41, 5.74) is -1.72. The van der Waals surface area contributed by atoms with Crippen molar-refractivity contribution in [2.75, 3.05) is 13.7 Å². The summed E-state index contributed by atoms with van der Waals surface area (Å²) in [5.74, 6) is -3.00. The van der Waals surface area contributed by atoms with Crippen molar-refractivity contribution >= 4 is 16.0 Å². The Morgan fingerprint density at radius 1 is 1.14 bits per heavy atom. The molecular weight excluding hydrogens is 508 g/mol. The SMILES string of the molecule is COC(=O)c1cccc(S(=O)(=O)NC2(c3ccc(OC(F)(F)F)c(F)c3)CCOc3cccnc32)c1. The number of hydrogen-bond donors (Lipinski definition) is 1. The number of carbonyl (C=O) groups is 1. The lowest BCUT2D eigenvalue weighted by Crippen LogP contribution is -2.50. The highest BCUT2D eigenvalue weighted by molar-refractivity contribution is 7.89. The van der Waals surface area contributed by atoms with Gasteiger partial charge in [-0.05, 0) is 48.0 Å². The molecule has 1 N–H and O–H groups in total. The Balaban J connectivity index is 1.85. The van der Waals surface area contributed by atoms with Gasteiger partial charge in [-0.1, -0.05) is 12.1 Å². The van der Waals surface area contributed by atoms with Crippen molar-refractivity contribution < 1.29 is 45.0 Å². The normalized spacial score (nSPS) is 17.6. The standard InChI is InChI=1S/C23H18F4N2O6S/c1-33-21(30)14-4-2-5-16(12-14)36(31,32)29-22(9-11-34-19-6-3-10-28-20(19)22)15-7-8-18(17(24)13-15)35-23(25,26)27/h2-8,10,12-13,29H,9,11H2,1H3. The molecule has 0 aliphatic carbocycles. The lowest BCUT2D eigenvalue weighted by Gasteiger charge is -2.38. The first-order valence-electron chi connectivity index (χ1n) is 10.3. The minimum atomic E-state index is -5.13. The zero-order valence-corrected chi connectivity index (χ0v) is 19.3. The number of pyridine rings is 1. The number of benzene rings is 2. The van der Waals surface area contributed by atoms with E-state index >= 15 is 0 Å². The highest BCUT2D eigenvalue weighted by atomic mass is 32.2. The van der Waals surface area contributed by atoms with Crippen LogP contribution in [0.25, 0.3) is 0 Å². The zero-order valence-electron chi connectivity index (χ0n) is 18.5. The van der Waals surface area contributed by atoms with E-state index in [0.29, 0.717) is 0 Å². The van der Waals surface area contributed by atoms with Crippen LogP contribution in [0.1, 0.15) is 28.0 Å². The summed E-state index contributed by atoms with van der Waals surface area (Å²) in [5, 5.41) is 0. The maximum Gasteiger partial charge on any atom is 0.573 e. The van der Waals surface area contributed by atoms with E-state index in [1.54, 1.807) is 6.07 Å². The minimum absolute atomic E-state index is 0.0220. The number of rotatable bonds is 6. The Labute approximate surface area is 202 Å². The predicted molar refractivity (Wildman–Crippen MR) is 116 cm³/mol. The smallest absolute Gasteiger partial charge is 0.491 e. The number of fused-ring (bicyclic) bond motifs is 1. The molecule has 2 aromatic carbocycles. The van der Waals surface area contributed by atoms with Crippen molar-refractivity contribution in [3.8, 4) is 11.5 Å². The van der Waals surface area contributed by atoms with Gasteiger partial charge in [-0.2, -0.15) is 4.72 Å². The number of sulfonamides is 1. The number of nitrogens with one attached hydrogen (secondary N) is 1. The Bertz CT molecular complexity index is 1410. The number of methoxy groups -OCH3 is 1. The summed E-state index contributed by atoms with van der Waals surface area (Å²) >= 11 is 0. The molecular formula is C23H18F4N2O6S. The molecule has 1 aromatic heterocycles.